The Hall–Kier alpha value is -2.44. The van der Waals surface area contributed by atoms with Crippen LogP contribution in [0.1, 0.15) is 16.7 Å². The van der Waals surface area contributed by atoms with E-state index < -0.39 is 0 Å². The van der Waals surface area contributed by atoms with E-state index in [0.717, 1.165) is 29.8 Å². The first kappa shape index (κ1) is 19.3. The highest BCUT2D eigenvalue weighted by atomic mass is 16.3. The van der Waals surface area contributed by atoms with Gasteiger partial charge in [-0.2, -0.15) is 0 Å². The van der Waals surface area contributed by atoms with Crippen molar-refractivity contribution < 1.29 is 14.7 Å². The largest absolute Gasteiger partial charge is 0.395 e. The number of hydrogen-bond acceptors (Lipinski definition) is 5. The Balaban J connectivity index is 2.01. The highest BCUT2D eigenvalue weighted by Gasteiger charge is 2.41. The summed E-state index contributed by atoms with van der Waals surface area (Å²) in [5.41, 5.74) is 3.92. The molecular weight excluding hydrogens is 342 g/mol. The van der Waals surface area contributed by atoms with Gasteiger partial charge < -0.3 is 10.0 Å². The molecule has 0 unspecified atom stereocenters. The lowest BCUT2D eigenvalue weighted by atomic mass is 9.97. The van der Waals surface area contributed by atoms with Crippen molar-refractivity contribution >= 4 is 17.4 Å². The smallest absolute Gasteiger partial charge is 0.278 e. The molecule has 1 aromatic rings. The number of carbonyl (C=O) groups is 2. The maximum Gasteiger partial charge on any atom is 0.278 e. The minimum atomic E-state index is -0.250. The van der Waals surface area contributed by atoms with E-state index in [1.807, 2.05) is 36.9 Å². The molecule has 0 spiro atoms. The molecule has 1 fully saturated rings. The number of nitrogens with zero attached hydrogens (tertiary/aromatic N) is 3. The topological polar surface area (TPSA) is 64.1 Å². The number of hydrogen-bond donors (Lipinski definition) is 1. The zero-order valence-corrected chi connectivity index (χ0v) is 16.1. The zero-order chi connectivity index (χ0) is 19.6. The number of piperazine rings is 1. The van der Waals surface area contributed by atoms with Gasteiger partial charge in [0.1, 0.15) is 5.70 Å². The van der Waals surface area contributed by atoms with Crippen molar-refractivity contribution in [2.45, 2.75) is 13.8 Å². The minimum absolute atomic E-state index is 0.126. The van der Waals surface area contributed by atoms with Crippen molar-refractivity contribution in [3.63, 3.8) is 0 Å². The first-order chi connectivity index (χ1) is 13.0. The van der Waals surface area contributed by atoms with E-state index in [1.54, 1.807) is 6.08 Å². The van der Waals surface area contributed by atoms with E-state index >= 15 is 0 Å². The minimum Gasteiger partial charge on any atom is -0.395 e. The standard InChI is InChI=1S/C21H27N3O3/c1-4-7-24-20(26)18(17-6-5-15(2)14-16(17)3)19(21(24)27)23-10-8-22(9-11-23)12-13-25/h4-6,14,25H,1,7-13H2,2-3H3. The molecule has 27 heavy (non-hydrogen) atoms. The summed E-state index contributed by atoms with van der Waals surface area (Å²) in [4.78, 5) is 31.6. The summed E-state index contributed by atoms with van der Waals surface area (Å²) in [7, 11) is 0. The number of aliphatic hydroxyl groups is 1. The quantitative estimate of drug-likeness (QED) is 0.603. The summed E-state index contributed by atoms with van der Waals surface area (Å²) in [6, 6.07) is 5.94. The fourth-order valence-corrected chi connectivity index (χ4v) is 3.82. The van der Waals surface area contributed by atoms with Crippen LogP contribution in [-0.2, 0) is 9.59 Å². The molecule has 1 N–H and O–H groups in total. The highest BCUT2D eigenvalue weighted by molar-refractivity contribution is 6.35. The highest BCUT2D eigenvalue weighted by Crippen LogP contribution is 2.34. The summed E-state index contributed by atoms with van der Waals surface area (Å²) in [6.45, 7) is 11.5. The maximum atomic E-state index is 13.1. The Morgan fingerprint density at radius 2 is 1.81 bits per heavy atom. The number of benzene rings is 1. The summed E-state index contributed by atoms with van der Waals surface area (Å²) >= 11 is 0. The van der Waals surface area contributed by atoms with Crippen molar-refractivity contribution in [2.75, 3.05) is 45.9 Å². The van der Waals surface area contributed by atoms with E-state index in [0.29, 0.717) is 30.9 Å². The van der Waals surface area contributed by atoms with E-state index in [1.165, 1.54) is 4.90 Å². The monoisotopic (exact) mass is 369 g/mol. The van der Waals surface area contributed by atoms with Gasteiger partial charge in [0.15, 0.2) is 0 Å². The lowest BCUT2D eigenvalue weighted by Gasteiger charge is -2.36. The fraction of sp³-hybridized carbons (Fsp3) is 0.429. The third-order valence-electron chi connectivity index (χ3n) is 5.21. The van der Waals surface area contributed by atoms with Crippen molar-refractivity contribution in [2.24, 2.45) is 0 Å². The predicted octanol–water partition coefficient (Wildman–Crippen LogP) is 1.18. The van der Waals surface area contributed by atoms with Crippen LogP contribution in [0.3, 0.4) is 0 Å². The molecule has 0 bridgehead atoms. The van der Waals surface area contributed by atoms with Crippen LogP contribution < -0.4 is 0 Å². The van der Waals surface area contributed by atoms with E-state index in [2.05, 4.69) is 11.5 Å². The molecular formula is C21H27N3O3. The third kappa shape index (κ3) is 3.68. The predicted molar refractivity (Wildman–Crippen MR) is 105 cm³/mol. The molecule has 3 rings (SSSR count). The SMILES string of the molecule is C=CCN1C(=O)C(c2ccc(C)cc2C)=C(N2CCN(CCO)CC2)C1=O. The van der Waals surface area contributed by atoms with Gasteiger partial charge in [0.05, 0.1) is 12.2 Å². The molecule has 1 saturated heterocycles. The molecule has 144 valence electrons. The van der Waals surface area contributed by atoms with Crippen LogP contribution in [0.15, 0.2) is 36.6 Å². The number of aliphatic hydroxyl groups excluding tert-OH is 1. The number of aryl methyl sites for hydroxylation is 2. The first-order valence-corrected chi connectivity index (χ1v) is 9.35. The molecule has 0 atom stereocenters. The van der Waals surface area contributed by atoms with E-state index in [-0.39, 0.29) is 25.0 Å². The van der Waals surface area contributed by atoms with Gasteiger partial charge in [0, 0.05) is 39.3 Å². The number of imide groups is 1. The Morgan fingerprint density at radius 3 is 2.41 bits per heavy atom. The molecule has 0 radical (unpaired) electrons. The van der Waals surface area contributed by atoms with Gasteiger partial charge in [-0.15, -0.1) is 6.58 Å². The average Bonchev–Trinajstić information content (AvgIpc) is 2.88. The molecule has 0 aromatic heterocycles. The van der Waals surface area contributed by atoms with Crippen molar-refractivity contribution in [3.05, 3.63) is 53.2 Å². The molecule has 2 heterocycles. The molecule has 2 aliphatic rings. The van der Waals surface area contributed by atoms with E-state index in [4.69, 9.17) is 5.11 Å². The van der Waals surface area contributed by atoms with E-state index in [9.17, 15) is 9.59 Å². The van der Waals surface area contributed by atoms with Crippen LogP contribution in [0.5, 0.6) is 0 Å². The molecule has 0 saturated carbocycles. The lowest BCUT2D eigenvalue weighted by Crippen LogP contribution is -2.48. The molecule has 2 aliphatic heterocycles. The number of carbonyl (C=O) groups excluding carboxylic acids is 2. The normalized spacial score (nSPS) is 18.6. The van der Waals surface area contributed by atoms with Crippen LogP contribution in [0, 0.1) is 13.8 Å². The number of amides is 2. The Labute approximate surface area is 160 Å². The molecule has 6 heteroatoms. The Morgan fingerprint density at radius 1 is 1.11 bits per heavy atom. The van der Waals surface area contributed by atoms with Crippen LogP contribution in [0.4, 0.5) is 0 Å². The second-order valence-corrected chi connectivity index (χ2v) is 7.10. The van der Waals surface area contributed by atoms with Crippen LogP contribution in [-0.4, -0.2) is 77.5 Å². The molecule has 0 aliphatic carbocycles. The van der Waals surface area contributed by atoms with Gasteiger partial charge in [0.2, 0.25) is 0 Å². The fourth-order valence-electron chi connectivity index (χ4n) is 3.82. The summed E-state index contributed by atoms with van der Waals surface area (Å²) in [6.07, 6.45) is 1.58. The number of rotatable bonds is 6. The van der Waals surface area contributed by atoms with Gasteiger partial charge >= 0.3 is 0 Å². The summed E-state index contributed by atoms with van der Waals surface area (Å²) < 4.78 is 0. The van der Waals surface area contributed by atoms with Crippen LogP contribution in [0.25, 0.3) is 5.57 Å². The maximum absolute atomic E-state index is 13.1. The second kappa shape index (κ2) is 8.06. The van der Waals surface area contributed by atoms with Gasteiger partial charge in [-0.3, -0.25) is 19.4 Å². The van der Waals surface area contributed by atoms with Crippen molar-refractivity contribution in [1.29, 1.82) is 0 Å². The zero-order valence-electron chi connectivity index (χ0n) is 16.1. The third-order valence-corrected chi connectivity index (χ3v) is 5.21. The average molecular weight is 369 g/mol. The molecule has 2 amide bonds. The van der Waals surface area contributed by atoms with Gasteiger partial charge in [-0.25, -0.2) is 0 Å². The van der Waals surface area contributed by atoms with Crippen LogP contribution in [0.2, 0.25) is 0 Å². The van der Waals surface area contributed by atoms with Crippen LogP contribution >= 0.6 is 0 Å². The Kier molecular flexibility index (Phi) is 5.77. The van der Waals surface area contributed by atoms with Crippen molar-refractivity contribution in [1.82, 2.24) is 14.7 Å². The van der Waals surface area contributed by atoms with Gasteiger partial charge in [-0.1, -0.05) is 29.8 Å². The van der Waals surface area contributed by atoms with Crippen molar-refractivity contribution in [3.8, 4) is 0 Å². The second-order valence-electron chi connectivity index (χ2n) is 7.10. The van der Waals surface area contributed by atoms with Gasteiger partial charge in [-0.05, 0) is 25.0 Å². The molecule has 6 nitrogen and oxygen atoms in total. The first-order valence-electron chi connectivity index (χ1n) is 9.35. The molecule has 1 aromatic carbocycles. The lowest BCUT2D eigenvalue weighted by molar-refractivity contribution is -0.137. The Bertz CT molecular complexity index is 792. The summed E-state index contributed by atoms with van der Waals surface area (Å²) in [5.74, 6) is -0.495. The van der Waals surface area contributed by atoms with Gasteiger partial charge in [0.25, 0.3) is 11.8 Å². The number of β-amino-alcohol motifs (C(OH)–C–C–N with tert-alkyl or cyclic N) is 1. The summed E-state index contributed by atoms with van der Waals surface area (Å²) in [5, 5.41) is 9.13.